The van der Waals surface area contributed by atoms with E-state index in [-0.39, 0.29) is 0 Å². The molecule has 0 aromatic carbocycles. The van der Waals surface area contributed by atoms with Crippen LogP contribution in [0.4, 0.5) is 0 Å². The average molecular weight is 319 g/mol. The molecule has 2 rings (SSSR count). The maximum absolute atomic E-state index is 5.97. The normalized spacial score (nSPS) is 10.8. The number of thiazole rings is 1. The first-order valence-electron chi connectivity index (χ1n) is 4.66. The molecule has 0 radical (unpaired) electrons. The van der Waals surface area contributed by atoms with Crippen LogP contribution in [0.15, 0.2) is 9.85 Å². The van der Waals surface area contributed by atoms with E-state index in [0.29, 0.717) is 17.4 Å². The van der Waals surface area contributed by atoms with Gasteiger partial charge in [0, 0.05) is 5.38 Å². The number of aryl methyl sites for hydroxylation is 2. The zero-order valence-corrected chi connectivity index (χ0v) is 11.9. The van der Waals surface area contributed by atoms with E-state index in [2.05, 4.69) is 30.9 Å². The topological polar surface area (TPSA) is 38.7 Å². The van der Waals surface area contributed by atoms with Crippen molar-refractivity contribution in [2.75, 3.05) is 0 Å². The molecule has 0 unspecified atom stereocenters. The fraction of sp³-hybridized carbons (Fsp3) is 0.300. The highest BCUT2D eigenvalue weighted by molar-refractivity contribution is 9.10. The van der Waals surface area contributed by atoms with Gasteiger partial charge in [0.05, 0.1) is 27.3 Å². The van der Waals surface area contributed by atoms with Gasteiger partial charge in [-0.25, -0.2) is 15.0 Å². The van der Waals surface area contributed by atoms with Gasteiger partial charge in [0.1, 0.15) is 11.0 Å². The van der Waals surface area contributed by atoms with E-state index in [1.54, 1.807) is 11.3 Å². The van der Waals surface area contributed by atoms with E-state index >= 15 is 0 Å². The van der Waals surface area contributed by atoms with Crippen molar-refractivity contribution in [3.05, 3.63) is 37.2 Å². The van der Waals surface area contributed by atoms with Crippen molar-refractivity contribution in [1.82, 2.24) is 15.0 Å². The molecule has 0 aliphatic heterocycles. The predicted octanol–water partition coefficient (Wildman–Crippen LogP) is 3.56. The minimum atomic E-state index is 0.453. The monoisotopic (exact) mass is 317 g/mol. The zero-order chi connectivity index (χ0) is 11.7. The molecule has 0 atom stereocenters. The SMILES string of the molecule is Cc1nc(Cc2nc(C)c(Br)c(Cl)n2)cs1. The van der Waals surface area contributed by atoms with Crippen molar-refractivity contribution in [2.45, 2.75) is 20.3 Å². The Morgan fingerprint density at radius 2 is 2.06 bits per heavy atom. The van der Waals surface area contributed by atoms with Crippen LogP contribution in [0.25, 0.3) is 0 Å². The molecule has 0 saturated carbocycles. The Balaban J connectivity index is 2.28. The first-order chi connectivity index (χ1) is 7.56. The van der Waals surface area contributed by atoms with Gasteiger partial charge in [-0.15, -0.1) is 11.3 Å². The number of hydrogen-bond donors (Lipinski definition) is 0. The van der Waals surface area contributed by atoms with Crippen LogP contribution in [0.3, 0.4) is 0 Å². The molecule has 2 heterocycles. The van der Waals surface area contributed by atoms with Crippen LogP contribution in [0, 0.1) is 13.8 Å². The molecule has 16 heavy (non-hydrogen) atoms. The summed E-state index contributed by atoms with van der Waals surface area (Å²) in [5.74, 6) is 0.705. The average Bonchev–Trinajstić information content (AvgIpc) is 2.60. The molecular weight excluding hydrogens is 310 g/mol. The first kappa shape index (κ1) is 12.0. The van der Waals surface area contributed by atoms with Crippen molar-refractivity contribution in [3.63, 3.8) is 0 Å². The minimum Gasteiger partial charge on any atom is -0.246 e. The zero-order valence-electron chi connectivity index (χ0n) is 8.79. The van der Waals surface area contributed by atoms with Crippen molar-refractivity contribution >= 4 is 38.9 Å². The second-order valence-corrected chi connectivity index (χ2v) is 5.58. The molecule has 84 valence electrons. The Morgan fingerprint density at radius 1 is 1.31 bits per heavy atom. The standard InChI is InChI=1S/C10H9BrClN3S/c1-5-9(11)10(12)15-8(13-5)3-7-4-16-6(2)14-7/h4H,3H2,1-2H3. The molecule has 0 aliphatic rings. The highest BCUT2D eigenvalue weighted by atomic mass is 79.9. The van der Waals surface area contributed by atoms with Crippen molar-refractivity contribution in [3.8, 4) is 0 Å². The van der Waals surface area contributed by atoms with E-state index < -0.39 is 0 Å². The summed E-state index contributed by atoms with van der Waals surface area (Å²) in [5.41, 5.74) is 1.84. The smallest absolute Gasteiger partial charge is 0.147 e. The lowest BCUT2D eigenvalue weighted by Crippen LogP contribution is -2.00. The molecule has 0 saturated heterocycles. The van der Waals surface area contributed by atoms with Crippen LogP contribution in [0.5, 0.6) is 0 Å². The summed E-state index contributed by atoms with van der Waals surface area (Å²) in [5, 5.41) is 3.52. The molecule has 2 aromatic rings. The lowest BCUT2D eigenvalue weighted by Gasteiger charge is -2.03. The van der Waals surface area contributed by atoms with E-state index in [4.69, 9.17) is 11.6 Å². The molecule has 0 fully saturated rings. The fourth-order valence-electron chi connectivity index (χ4n) is 1.31. The predicted molar refractivity (Wildman–Crippen MR) is 69.1 cm³/mol. The second kappa shape index (κ2) is 4.77. The van der Waals surface area contributed by atoms with E-state index in [1.807, 2.05) is 19.2 Å². The highest BCUT2D eigenvalue weighted by Crippen LogP contribution is 2.23. The summed E-state index contributed by atoms with van der Waals surface area (Å²) < 4.78 is 0.757. The van der Waals surface area contributed by atoms with Crippen LogP contribution in [0.2, 0.25) is 5.15 Å². The van der Waals surface area contributed by atoms with Crippen LogP contribution in [-0.2, 0) is 6.42 Å². The summed E-state index contributed by atoms with van der Waals surface area (Å²) in [4.78, 5) is 12.9. The highest BCUT2D eigenvalue weighted by Gasteiger charge is 2.09. The molecule has 0 aliphatic carbocycles. The lowest BCUT2D eigenvalue weighted by molar-refractivity contribution is 0.914. The van der Waals surface area contributed by atoms with Gasteiger partial charge in [0.25, 0.3) is 0 Å². The third kappa shape index (κ3) is 2.59. The van der Waals surface area contributed by atoms with Gasteiger partial charge in [-0.2, -0.15) is 0 Å². The van der Waals surface area contributed by atoms with Gasteiger partial charge < -0.3 is 0 Å². The molecule has 0 N–H and O–H groups in total. The van der Waals surface area contributed by atoms with Gasteiger partial charge in [0.15, 0.2) is 0 Å². The first-order valence-corrected chi connectivity index (χ1v) is 6.71. The quantitative estimate of drug-likeness (QED) is 0.795. The van der Waals surface area contributed by atoms with Gasteiger partial charge in [-0.1, -0.05) is 11.6 Å². The van der Waals surface area contributed by atoms with Gasteiger partial charge in [-0.05, 0) is 29.8 Å². The molecule has 0 amide bonds. The van der Waals surface area contributed by atoms with Gasteiger partial charge in [-0.3, -0.25) is 0 Å². The third-order valence-electron chi connectivity index (χ3n) is 2.03. The molecule has 6 heteroatoms. The molecule has 2 aromatic heterocycles. The van der Waals surface area contributed by atoms with Crippen molar-refractivity contribution in [1.29, 1.82) is 0 Å². The maximum Gasteiger partial charge on any atom is 0.147 e. The van der Waals surface area contributed by atoms with Gasteiger partial charge >= 0.3 is 0 Å². The summed E-state index contributed by atoms with van der Waals surface area (Å²) in [6.07, 6.45) is 0.623. The molecule has 0 bridgehead atoms. The number of hydrogen-bond acceptors (Lipinski definition) is 4. The summed E-state index contributed by atoms with van der Waals surface area (Å²) >= 11 is 10.9. The summed E-state index contributed by atoms with van der Waals surface area (Å²) in [7, 11) is 0. The van der Waals surface area contributed by atoms with Crippen molar-refractivity contribution in [2.24, 2.45) is 0 Å². The number of halogens is 2. The van der Waals surface area contributed by atoms with Gasteiger partial charge in [0.2, 0.25) is 0 Å². The summed E-state index contributed by atoms with van der Waals surface area (Å²) in [6.45, 7) is 3.88. The molecule has 3 nitrogen and oxygen atoms in total. The molecular formula is C10H9BrClN3S. The number of nitrogens with zero attached hydrogens (tertiary/aromatic N) is 3. The van der Waals surface area contributed by atoms with Crippen LogP contribution in [0.1, 0.15) is 22.2 Å². The Bertz CT molecular complexity index is 504. The van der Waals surface area contributed by atoms with E-state index in [0.717, 1.165) is 20.9 Å². The van der Waals surface area contributed by atoms with E-state index in [1.165, 1.54) is 0 Å². The van der Waals surface area contributed by atoms with Crippen LogP contribution in [-0.4, -0.2) is 15.0 Å². The Morgan fingerprint density at radius 3 is 2.62 bits per heavy atom. The Hall–Kier alpha value is -0.520. The van der Waals surface area contributed by atoms with E-state index in [9.17, 15) is 0 Å². The lowest BCUT2D eigenvalue weighted by atomic mass is 10.3. The Labute approximate surface area is 111 Å². The third-order valence-corrected chi connectivity index (χ3v) is 4.30. The van der Waals surface area contributed by atoms with Crippen molar-refractivity contribution < 1.29 is 0 Å². The Kier molecular flexibility index (Phi) is 3.56. The van der Waals surface area contributed by atoms with Crippen LogP contribution < -0.4 is 0 Å². The molecule has 0 spiro atoms. The van der Waals surface area contributed by atoms with Crippen LogP contribution >= 0.6 is 38.9 Å². The fourth-order valence-corrected chi connectivity index (χ4v) is 2.33. The largest absolute Gasteiger partial charge is 0.246 e. The minimum absolute atomic E-state index is 0.453. The maximum atomic E-state index is 5.97. The summed E-state index contributed by atoms with van der Waals surface area (Å²) in [6, 6.07) is 0. The number of rotatable bonds is 2. The second-order valence-electron chi connectivity index (χ2n) is 3.36. The number of aromatic nitrogens is 3.